The minimum Gasteiger partial charge on any atom is -0.358 e. The van der Waals surface area contributed by atoms with E-state index in [2.05, 4.69) is 26.6 Å². The van der Waals surface area contributed by atoms with Gasteiger partial charge in [0, 0.05) is 22.3 Å². The molecular weight excluding hydrogens is 327 g/mol. The molecule has 0 aliphatic rings. The molecule has 0 saturated carbocycles. The first-order valence-corrected chi connectivity index (χ1v) is 6.89. The lowest BCUT2D eigenvalue weighted by Gasteiger charge is -2.11. The summed E-state index contributed by atoms with van der Waals surface area (Å²) in [6.07, 6.45) is 0. The van der Waals surface area contributed by atoms with Gasteiger partial charge in [0.15, 0.2) is 5.11 Å². The first-order chi connectivity index (χ1) is 9.15. The first-order valence-electron chi connectivity index (χ1n) is 5.69. The van der Waals surface area contributed by atoms with Gasteiger partial charge in [-0.1, -0.05) is 34.1 Å². The number of hydrogen-bond donors (Lipinski definition) is 2. The monoisotopic (exact) mass is 338 g/mol. The number of nitrogens with one attached hydrogen (secondary N) is 2. The molecule has 0 amide bonds. The van der Waals surface area contributed by atoms with Crippen LogP contribution in [-0.4, -0.2) is 5.11 Å². The topological polar surface area (TPSA) is 24.1 Å². The maximum atomic E-state index is 13.4. The molecule has 0 radical (unpaired) electrons. The molecule has 2 nitrogen and oxygen atoms in total. The van der Waals surface area contributed by atoms with Gasteiger partial charge in [-0.05, 0) is 42.5 Å². The number of hydrogen-bond acceptors (Lipinski definition) is 1. The second kappa shape index (κ2) is 6.63. The van der Waals surface area contributed by atoms with Crippen molar-refractivity contribution in [3.05, 3.63) is 64.4 Å². The molecule has 2 rings (SSSR count). The molecule has 0 saturated heterocycles. The van der Waals surface area contributed by atoms with Crippen molar-refractivity contribution in [2.24, 2.45) is 0 Å². The molecule has 0 aliphatic heterocycles. The Bertz CT molecular complexity index is 572. The van der Waals surface area contributed by atoms with Crippen LogP contribution in [0.5, 0.6) is 0 Å². The zero-order valence-corrected chi connectivity index (χ0v) is 12.4. The minimum absolute atomic E-state index is 0.235. The predicted molar refractivity (Wildman–Crippen MR) is 83.6 cm³/mol. The molecule has 0 aliphatic carbocycles. The van der Waals surface area contributed by atoms with Gasteiger partial charge in [0.1, 0.15) is 5.82 Å². The van der Waals surface area contributed by atoms with Crippen LogP contribution >= 0.6 is 28.1 Å². The SMILES string of the molecule is Fc1ccccc1CNC(=S)Nc1ccc(Br)cc1. The average Bonchev–Trinajstić information content (AvgIpc) is 2.40. The Hall–Kier alpha value is -1.46. The summed E-state index contributed by atoms with van der Waals surface area (Å²) >= 11 is 8.52. The molecule has 98 valence electrons. The summed E-state index contributed by atoms with van der Waals surface area (Å²) in [4.78, 5) is 0. The van der Waals surface area contributed by atoms with Crippen LogP contribution in [0.25, 0.3) is 0 Å². The van der Waals surface area contributed by atoms with E-state index in [1.54, 1.807) is 18.2 Å². The van der Waals surface area contributed by atoms with Crippen LogP contribution in [0, 0.1) is 5.82 Å². The van der Waals surface area contributed by atoms with Gasteiger partial charge < -0.3 is 10.6 Å². The Morgan fingerprint density at radius 1 is 1.11 bits per heavy atom. The van der Waals surface area contributed by atoms with Gasteiger partial charge >= 0.3 is 0 Å². The lowest BCUT2D eigenvalue weighted by atomic mass is 10.2. The Morgan fingerprint density at radius 3 is 2.47 bits per heavy atom. The fourth-order valence-electron chi connectivity index (χ4n) is 1.53. The van der Waals surface area contributed by atoms with E-state index >= 15 is 0 Å². The van der Waals surface area contributed by atoms with Crippen LogP contribution in [-0.2, 0) is 6.54 Å². The van der Waals surface area contributed by atoms with Gasteiger partial charge in [-0.25, -0.2) is 4.39 Å². The second-order valence-corrected chi connectivity index (χ2v) is 5.23. The van der Waals surface area contributed by atoms with Gasteiger partial charge in [0.2, 0.25) is 0 Å². The van der Waals surface area contributed by atoms with Crippen LogP contribution in [0.15, 0.2) is 53.0 Å². The van der Waals surface area contributed by atoms with E-state index in [9.17, 15) is 4.39 Å². The molecule has 2 N–H and O–H groups in total. The maximum absolute atomic E-state index is 13.4. The molecule has 0 unspecified atom stereocenters. The fraction of sp³-hybridized carbons (Fsp3) is 0.0714. The standard InChI is InChI=1S/C14H12BrFN2S/c15-11-5-7-12(8-6-11)18-14(19)17-9-10-3-1-2-4-13(10)16/h1-8H,9H2,(H2,17,18,19). The van der Waals surface area contributed by atoms with Crippen molar-refractivity contribution in [2.45, 2.75) is 6.54 Å². The van der Waals surface area contributed by atoms with Crippen molar-refractivity contribution < 1.29 is 4.39 Å². The number of benzene rings is 2. The van der Waals surface area contributed by atoms with Gasteiger partial charge in [0.25, 0.3) is 0 Å². The largest absolute Gasteiger partial charge is 0.358 e. The second-order valence-electron chi connectivity index (χ2n) is 3.91. The van der Waals surface area contributed by atoms with Crippen molar-refractivity contribution in [1.29, 1.82) is 0 Å². The van der Waals surface area contributed by atoms with Crippen molar-refractivity contribution >= 4 is 38.9 Å². The highest BCUT2D eigenvalue weighted by Crippen LogP contribution is 2.14. The summed E-state index contributed by atoms with van der Waals surface area (Å²) in [5.74, 6) is -0.235. The van der Waals surface area contributed by atoms with E-state index in [1.165, 1.54) is 6.07 Å². The summed E-state index contributed by atoms with van der Waals surface area (Å²) < 4.78 is 14.4. The number of anilines is 1. The van der Waals surface area contributed by atoms with Crippen molar-refractivity contribution in [3.63, 3.8) is 0 Å². The quantitative estimate of drug-likeness (QED) is 0.824. The van der Waals surface area contributed by atoms with E-state index in [4.69, 9.17) is 12.2 Å². The van der Waals surface area contributed by atoms with Crippen LogP contribution in [0.3, 0.4) is 0 Å². The molecule has 5 heteroatoms. The van der Waals surface area contributed by atoms with Crippen molar-refractivity contribution in [3.8, 4) is 0 Å². The molecular formula is C14H12BrFN2S. The molecule has 0 bridgehead atoms. The number of halogens is 2. The highest BCUT2D eigenvalue weighted by molar-refractivity contribution is 9.10. The van der Waals surface area contributed by atoms with Crippen molar-refractivity contribution in [2.75, 3.05) is 5.32 Å². The fourth-order valence-corrected chi connectivity index (χ4v) is 1.98. The highest BCUT2D eigenvalue weighted by Gasteiger charge is 2.02. The Balaban J connectivity index is 1.88. The third-order valence-electron chi connectivity index (χ3n) is 2.50. The van der Waals surface area contributed by atoms with Crippen LogP contribution in [0.2, 0.25) is 0 Å². The van der Waals surface area contributed by atoms with Gasteiger partial charge in [-0.3, -0.25) is 0 Å². The highest BCUT2D eigenvalue weighted by atomic mass is 79.9. The lowest BCUT2D eigenvalue weighted by Crippen LogP contribution is -2.28. The molecule has 0 heterocycles. The van der Waals surface area contributed by atoms with Crippen molar-refractivity contribution in [1.82, 2.24) is 5.32 Å². The minimum atomic E-state index is -0.235. The van der Waals surface area contributed by atoms with Gasteiger partial charge in [0.05, 0.1) is 0 Å². The molecule has 19 heavy (non-hydrogen) atoms. The van der Waals surface area contributed by atoms with E-state index in [1.807, 2.05) is 24.3 Å². The average molecular weight is 339 g/mol. The number of thiocarbonyl (C=S) groups is 1. The zero-order chi connectivity index (χ0) is 13.7. The Morgan fingerprint density at radius 2 is 1.79 bits per heavy atom. The summed E-state index contributed by atoms with van der Waals surface area (Å²) in [5, 5.41) is 6.47. The lowest BCUT2D eigenvalue weighted by molar-refractivity contribution is 0.606. The van der Waals surface area contributed by atoms with E-state index in [-0.39, 0.29) is 5.82 Å². The van der Waals surface area contributed by atoms with E-state index in [0.717, 1.165) is 10.2 Å². The smallest absolute Gasteiger partial charge is 0.171 e. The molecule has 0 atom stereocenters. The Kier molecular flexibility index (Phi) is 4.87. The van der Waals surface area contributed by atoms with Crippen LogP contribution in [0.4, 0.5) is 10.1 Å². The van der Waals surface area contributed by atoms with E-state index < -0.39 is 0 Å². The molecule has 2 aromatic rings. The molecule has 0 aromatic heterocycles. The van der Waals surface area contributed by atoms with Crippen LogP contribution < -0.4 is 10.6 Å². The molecule has 0 fully saturated rings. The third-order valence-corrected chi connectivity index (χ3v) is 3.27. The van der Waals surface area contributed by atoms with E-state index in [0.29, 0.717) is 17.2 Å². The summed E-state index contributed by atoms with van der Waals surface area (Å²) in [6.45, 7) is 0.356. The third kappa shape index (κ3) is 4.29. The first kappa shape index (κ1) is 14.0. The summed E-state index contributed by atoms with van der Waals surface area (Å²) in [5.41, 5.74) is 1.47. The summed E-state index contributed by atoms with van der Waals surface area (Å²) in [6, 6.07) is 14.3. The molecule has 2 aromatic carbocycles. The Labute approximate surface area is 125 Å². The zero-order valence-electron chi connectivity index (χ0n) is 9.99. The van der Waals surface area contributed by atoms with Gasteiger partial charge in [-0.15, -0.1) is 0 Å². The number of rotatable bonds is 3. The van der Waals surface area contributed by atoms with Gasteiger partial charge in [-0.2, -0.15) is 0 Å². The maximum Gasteiger partial charge on any atom is 0.171 e. The summed E-state index contributed by atoms with van der Waals surface area (Å²) in [7, 11) is 0. The normalized spacial score (nSPS) is 10.0. The van der Waals surface area contributed by atoms with Crippen LogP contribution in [0.1, 0.15) is 5.56 Å². The molecule has 0 spiro atoms. The predicted octanol–water partition coefficient (Wildman–Crippen LogP) is 4.07.